The van der Waals surface area contributed by atoms with Gasteiger partial charge in [-0.15, -0.1) is 0 Å². The number of benzene rings is 2. The van der Waals surface area contributed by atoms with Gasteiger partial charge in [0.2, 0.25) is 10.0 Å². The summed E-state index contributed by atoms with van der Waals surface area (Å²) in [5.74, 6) is -0.269. The van der Waals surface area contributed by atoms with Crippen LogP contribution in [0.3, 0.4) is 0 Å². The van der Waals surface area contributed by atoms with E-state index in [0.29, 0.717) is 39.0 Å². The van der Waals surface area contributed by atoms with Crippen molar-refractivity contribution < 1.29 is 18.0 Å². The van der Waals surface area contributed by atoms with E-state index in [2.05, 4.69) is 5.32 Å². The van der Waals surface area contributed by atoms with Crippen molar-refractivity contribution in [2.75, 3.05) is 32.8 Å². The van der Waals surface area contributed by atoms with Crippen molar-refractivity contribution in [2.45, 2.75) is 37.1 Å². The molecule has 176 valence electrons. The van der Waals surface area contributed by atoms with Crippen LogP contribution in [-0.4, -0.2) is 67.3 Å². The van der Waals surface area contributed by atoms with Crippen LogP contribution in [-0.2, 0) is 20.4 Å². The van der Waals surface area contributed by atoms with Gasteiger partial charge in [-0.25, -0.2) is 18.1 Å². The zero-order valence-corrected chi connectivity index (χ0v) is 19.8. The first kappa shape index (κ1) is 23.4. The lowest BCUT2D eigenvalue weighted by Crippen LogP contribution is -2.46. The van der Waals surface area contributed by atoms with Crippen molar-refractivity contribution in [3.8, 4) is 0 Å². The Hall–Kier alpha value is -2.75. The molecule has 2 heterocycles. The maximum Gasteiger partial charge on any atom is 0.326 e. The normalized spacial score (nSPS) is 22.9. The van der Waals surface area contributed by atoms with E-state index in [0.717, 1.165) is 11.1 Å². The monoisotopic (exact) mass is 470 g/mol. The summed E-state index contributed by atoms with van der Waals surface area (Å²) in [6.07, 6.45) is 1.06. The predicted octanol–water partition coefficient (Wildman–Crippen LogP) is 2.51. The minimum atomic E-state index is -3.59. The van der Waals surface area contributed by atoms with Crippen LogP contribution in [0.4, 0.5) is 4.79 Å². The quantitative estimate of drug-likeness (QED) is 0.656. The lowest BCUT2D eigenvalue weighted by Gasteiger charge is -2.28. The molecule has 4 rings (SSSR count). The fourth-order valence-electron chi connectivity index (χ4n) is 4.50. The Morgan fingerprint density at radius 1 is 0.939 bits per heavy atom. The molecule has 0 saturated carbocycles. The largest absolute Gasteiger partial charge is 0.326 e. The molecular formula is C24H30N4O4S. The number of amides is 3. The minimum Gasteiger partial charge on any atom is -0.319 e. The van der Waals surface area contributed by atoms with E-state index in [4.69, 9.17) is 0 Å². The Labute approximate surface area is 195 Å². The standard InChI is InChI=1S/C24H30N4O4S/c1-3-24(20-8-5-4-6-9-20)22(29)28(23(30)25-24)18-26-14-7-15-27(17-16-26)33(31,32)21-12-10-19(2)11-13-21/h4-6,8-13H,3,7,14-18H2,1-2H3,(H,25,30). The van der Waals surface area contributed by atoms with Gasteiger partial charge in [0.1, 0.15) is 5.54 Å². The highest BCUT2D eigenvalue weighted by molar-refractivity contribution is 7.89. The number of aryl methyl sites for hydroxylation is 1. The fraction of sp³-hybridized carbons (Fsp3) is 0.417. The second-order valence-corrected chi connectivity index (χ2v) is 10.6. The van der Waals surface area contributed by atoms with Crippen LogP contribution in [0, 0.1) is 6.92 Å². The van der Waals surface area contributed by atoms with Crippen molar-refractivity contribution in [2.24, 2.45) is 0 Å². The third kappa shape index (κ3) is 4.40. The molecule has 33 heavy (non-hydrogen) atoms. The topological polar surface area (TPSA) is 90.0 Å². The number of carbonyl (C=O) groups is 2. The number of nitrogens with zero attached hydrogens (tertiary/aromatic N) is 3. The molecule has 2 aromatic carbocycles. The SMILES string of the molecule is CCC1(c2ccccc2)NC(=O)N(CN2CCCN(S(=O)(=O)c3ccc(C)cc3)CC2)C1=O. The summed E-state index contributed by atoms with van der Waals surface area (Å²) in [6, 6.07) is 15.7. The van der Waals surface area contributed by atoms with Crippen molar-refractivity contribution in [1.29, 1.82) is 0 Å². The second kappa shape index (κ2) is 9.24. The molecule has 2 saturated heterocycles. The van der Waals surface area contributed by atoms with Crippen molar-refractivity contribution in [3.05, 3.63) is 65.7 Å². The van der Waals surface area contributed by atoms with Gasteiger partial charge in [0, 0.05) is 26.2 Å². The Morgan fingerprint density at radius 3 is 2.30 bits per heavy atom. The van der Waals surface area contributed by atoms with Crippen molar-refractivity contribution in [3.63, 3.8) is 0 Å². The molecule has 0 aliphatic carbocycles. The number of rotatable bonds is 6. The van der Waals surface area contributed by atoms with Gasteiger partial charge in [-0.1, -0.05) is 55.0 Å². The number of urea groups is 1. The molecule has 0 spiro atoms. The van der Waals surface area contributed by atoms with E-state index in [1.165, 1.54) is 9.21 Å². The van der Waals surface area contributed by atoms with E-state index >= 15 is 0 Å². The molecule has 2 aromatic rings. The predicted molar refractivity (Wildman–Crippen MR) is 125 cm³/mol. The van der Waals surface area contributed by atoms with E-state index in [1.54, 1.807) is 24.3 Å². The number of imide groups is 1. The second-order valence-electron chi connectivity index (χ2n) is 8.62. The minimum absolute atomic E-state index is 0.137. The molecule has 0 aromatic heterocycles. The summed E-state index contributed by atoms with van der Waals surface area (Å²) in [4.78, 5) is 29.7. The highest BCUT2D eigenvalue weighted by Gasteiger charge is 2.51. The molecule has 1 unspecified atom stereocenters. The first-order valence-corrected chi connectivity index (χ1v) is 12.7. The van der Waals surface area contributed by atoms with Gasteiger partial charge < -0.3 is 5.32 Å². The maximum absolute atomic E-state index is 13.4. The Bertz CT molecular complexity index is 1120. The molecule has 2 aliphatic heterocycles. The summed E-state index contributed by atoms with van der Waals surface area (Å²) >= 11 is 0. The Kier molecular flexibility index (Phi) is 6.56. The van der Waals surface area contributed by atoms with Gasteiger partial charge in [-0.2, -0.15) is 4.31 Å². The fourth-order valence-corrected chi connectivity index (χ4v) is 5.97. The van der Waals surface area contributed by atoms with E-state index < -0.39 is 21.6 Å². The van der Waals surface area contributed by atoms with E-state index in [9.17, 15) is 18.0 Å². The molecule has 1 N–H and O–H groups in total. The van der Waals surface area contributed by atoms with E-state index in [1.807, 2.05) is 49.1 Å². The zero-order chi connectivity index (χ0) is 23.6. The highest BCUT2D eigenvalue weighted by Crippen LogP contribution is 2.32. The number of carbonyl (C=O) groups excluding carboxylic acids is 2. The maximum atomic E-state index is 13.4. The smallest absolute Gasteiger partial charge is 0.319 e. The molecule has 2 fully saturated rings. The summed E-state index contributed by atoms with van der Waals surface area (Å²) < 4.78 is 27.6. The Morgan fingerprint density at radius 2 is 1.64 bits per heavy atom. The molecule has 3 amide bonds. The molecule has 9 heteroatoms. The lowest BCUT2D eigenvalue weighted by atomic mass is 9.87. The molecular weight excluding hydrogens is 440 g/mol. The number of nitrogens with one attached hydrogen (secondary N) is 1. The van der Waals surface area contributed by atoms with Crippen LogP contribution >= 0.6 is 0 Å². The van der Waals surface area contributed by atoms with Gasteiger partial charge in [0.05, 0.1) is 11.6 Å². The van der Waals surface area contributed by atoms with Crippen LogP contribution in [0.2, 0.25) is 0 Å². The number of hydrogen-bond donors (Lipinski definition) is 1. The van der Waals surface area contributed by atoms with Crippen LogP contribution in [0.1, 0.15) is 30.9 Å². The third-order valence-electron chi connectivity index (χ3n) is 6.52. The zero-order valence-electron chi connectivity index (χ0n) is 19.0. The summed E-state index contributed by atoms with van der Waals surface area (Å²) in [6.45, 7) is 5.68. The first-order chi connectivity index (χ1) is 15.8. The highest BCUT2D eigenvalue weighted by atomic mass is 32.2. The average Bonchev–Trinajstić information content (AvgIpc) is 2.96. The van der Waals surface area contributed by atoms with Crippen molar-refractivity contribution in [1.82, 2.24) is 19.4 Å². The summed E-state index contributed by atoms with van der Waals surface area (Å²) in [5.41, 5.74) is 0.702. The molecule has 8 nitrogen and oxygen atoms in total. The molecule has 0 radical (unpaired) electrons. The van der Waals surface area contributed by atoms with Gasteiger partial charge in [0.15, 0.2) is 0 Å². The number of sulfonamides is 1. The summed E-state index contributed by atoms with van der Waals surface area (Å²) in [7, 11) is -3.59. The van der Waals surface area contributed by atoms with Gasteiger partial charge in [-0.05, 0) is 37.5 Å². The Balaban J connectivity index is 1.46. The summed E-state index contributed by atoms with van der Waals surface area (Å²) in [5, 5.41) is 2.90. The molecule has 1 atom stereocenters. The molecule has 0 bridgehead atoms. The van der Waals surface area contributed by atoms with Gasteiger partial charge in [0.25, 0.3) is 5.91 Å². The van der Waals surface area contributed by atoms with Crippen LogP contribution in [0.5, 0.6) is 0 Å². The average molecular weight is 471 g/mol. The van der Waals surface area contributed by atoms with Crippen LogP contribution < -0.4 is 5.32 Å². The van der Waals surface area contributed by atoms with Gasteiger partial charge >= 0.3 is 6.03 Å². The van der Waals surface area contributed by atoms with Gasteiger partial charge in [-0.3, -0.25) is 9.69 Å². The lowest BCUT2D eigenvalue weighted by molar-refractivity contribution is -0.133. The first-order valence-electron chi connectivity index (χ1n) is 11.3. The van der Waals surface area contributed by atoms with E-state index in [-0.39, 0.29) is 17.5 Å². The van der Waals surface area contributed by atoms with Crippen LogP contribution in [0.15, 0.2) is 59.5 Å². The molecule has 2 aliphatic rings. The van der Waals surface area contributed by atoms with Crippen LogP contribution in [0.25, 0.3) is 0 Å². The number of hydrogen-bond acceptors (Lipinski definition) is 5. The third-order valence-corrected chi connectivity index (χ3v) is 8.43. The van der Waals surface area contributed by atoms with Crippen molar-refractivity contribution >= 4 is 22.0 Å².